The van der Waals surface area contributed by atoms with Crippen molar-refractivity contribution in [3.8, 4) is 0 Å². The van der Waals surface area contributed by atoms with Crippen molar-refractivity contribution in [2.75, 3.05) is 39.4 Å². The fraction of sp³-hybridized carbons (Fsp3) is 0.636. The summed E-state index contributed by atoms with van der Waals surface area (Å²) in [5.74, 6) is -0.0844. The van der Waals surface area contributed by atoms with Crippen molar-refractivity contribution in [2.45, 2.75) is 6.42 Å². The van der Waals surface area contributed by atoms with Crippen LogP contribution in [0.5, 0.6) is 0 Å². The molecule has 100 valence electrons. The van der Waals surface area contributed by atoms with Crippen LogP contribution in [0.15, 0.2) is 6.20 Å². The number of hydrogen-bond donors (Lipinski definition) is 2. The van der Waals surface area contributed by atoms with Gasteiger partial charge in [-0.1, -0.05) is 0 Å². The smallest absolute Gasteiger partial charge is 0.270 e. The number of aromatic amines is 1. The summed E-state index contributed by atoms with van der Waals surface area (Å²) in [5, 5.41) is 9.42. The van der Waals surface area contributed by atoms with Crippen LogP contribution in [-0.2, 0) is 4.74 Å². The number of halogens is 1. The van der Waals surface area contributed by atoms with E-state index in [1.807, 2.05) is 0 Å². The van der Waals surface area contributed by atoms with E-state index in [4.69, 9.17) is 4.74 Å². The molecule has 0 saturated carbocycles. The van der Waals surface area contributed by atoms with Crippen LogP contribution in [0.2, 0.25) is 0 Å². The number of nitrogens with one attached hydrogen (secondary N) is 2. The molecule has 1 amide bonds. The van der Waals surface area contributed by atoms with Gasteiger partial charge in [-0.05, 0) is 35.6 Å². The second-order valence-corrected chi connectivity index (χ2v) is 5.32. The van der Waals surface area contributed by atoms with Crippen LogP contribution in [0.3, 0.4) is 0 Å². The first kappa shape index (κ1) is 13.8. The van der Waals surface area contributed by atoms with Gasteiger partial charge in [0.1, 0.15) is 5.69 Å². The Labute approximate surface area is 120 Å². The highest BCUT2D eigenvalue weighted by Gasteiger charge is 2.12. The molecule has 0 radical (unpaired) electrons. The number of hydrogen-bond acceptors (Lipinski definition) is 4. The number of nitrogens with zero attached hydrogens (tertiary/aromatic N) is 2. The molecule has 0 aromatic carbocycles. The van der Waals surface area contributed by atoms with E-state index in [0.717, 1.165) is 42.8 Å². The first-order valence-electron chi connectivity index (χ1n) is 6.04. The molecule has 1 aromatic rings. The van der Waals surface area contributed by atoms with Crippen LogP contribution in [0.4, 0.5) is 0 Å². The number of aromatic nitrogens is 2. The zero-order valence-electron chi connectivity index (χ0n) is 10.1. The van der Waals surface area contributed by atoms with Crippen molar-refractivity contribution < 1.29 is 9.53 Å². The second kappa shape index (κ2) is 7.05. The zero-order valence-corrected chi connectivity index (χ0v) is 12.3. The van der Waals surface area contributed by atoms with Gasteiger partial charge in [0, 0.05) is 19.6 Å². The van der Waals surface area contributed by atoms with Gasteiger partial charge in [0.15, 0.2) is 0 Å². The predicted octanol–water partition coefficient (Wildman–Crippen LogP) is 0.466. The van der Waals surface area contributed by atoms with Crippen molar-refractivity contribution in [2.24, 2.45) is 0 Å². The highest BCUT2D eigenvalue weighted by molar-refractivity contribution is 14.1. The molecule has 1 fully saturated rings. The van der Waals surface area contributed by atoms with Crippen LogP contribution in [0, 0.1) is 3.57 Å². The molecule has 0 unspecified atom stereocenters. The molecule has 0 atom stereocenters. The van der Waals surface area contributed by atoms with Gasteiger partial charge in [0.2, 0.25) is 0 Å². The zero-order chi connectivity index (χ0) is 12.8. The molecule has 7 heteroatoms. The maximum atomic E-state index is 11.8. The monoisotopic (exact) mass is 364 g/mol. The summed E-state index contributed by atoms with van der Waals surface area (Å²) < 4.78 is 6.13. The molecule has 1 aliphatic rings. The van der Waals surface area contributed by atoms with Crippen molar-refractivity contribution >= 4 is 28.5 Å². The molecule has 2 rings (SSSR count). The van der Waals surface area contributed by atoms with Gasteiger partial charge < -0.3 is 10.1 Å². The van der Waals surface area contributed by atoms with Gasteiger partial charge in [0.25, 0.3) is 5.91 Å². The Morgan fingerprint density at radius 2 is 2.33 bits per heavy atom. The lowest BCUT2D eigenvalue weighted by Gasteiger charge is -2.26. The van der Waals surface area contributed by atoms with E-state index in [2.05, 4.69) is 43.0 Å². The van der Waals surface area contributed by atoms with E-state index in [1.54, 1.807) is 6.20 Å². The molecular weight excluding hydrogens is 347 g/mol. The standard InChI is InChI=1S/C11H17IN4O2/c12-9-8-14-15-10(9)11(17)13-2-1-3-16-4-6-18-7-5-16/h8H,1-7H2,(H,13,17)(H,14,15). The predicted molar refractivity (Wildman–Crippen MR) is 75.5 cm³/mol. The lowest BCUT2D eigenvalue weighted by Crippen LogP contribution is -2.38. The van der Waals surface area contributed by atoms with Gasteiger partial charge in [-0.3, -0.25) is 14.8 Å². The minimum absolute atomic E-state index is 0.0844. The molecular formula is C11H17IN4O2. The molecule has 0 bridgehead atoms. The first-order valence-corrected chi connectivity index (χ1v) is 7.12. The Morgan fingerprint density at radius 1 is 1.56 bits per heavy atom. The summed E-state index contributed by atoms with van der Waals surface area (Å²) in [6, 6.07) is 0. The summed E-state index contributed by atoms with van der Waals surface area (Å²) >= 11 is 2.09. The Hall–Kier alpha value is -0.670. The molecule has 18 heavy (non-hydrogen) atoms. The lowest BCUT2D eigenvalue weighted by atomic mass is 10.3. The fourth-order valence-electron chi connectivity index (χ4n) is 1.85. The van der Waals surface area contributed by atoms with Crippen LogP contribution < -0.4 is 5.32 Å². The van der Waals surface area contributed by atoms with Gasteiger partial charge in [-0.15, -0.1) is 0 Å². The summed E-state index contributed by atoms with van der Waals surface area (Å²) in [6.45, 7) is 5.31. The van der Waals surface area contributed by atoms with Gasteiger partial charge in [-0.2, -0.15) is 5.10 Å². The number of rotatable bonds is 5. The van der Waals surface area contributed by atoms with Crippen LogP contribution in [-0.4, -0.2) is 60.4 Å². The van der Waals surface area contributed by atoms with Crippen LogP contribution in [0.1, 0.15) is 16.9 Å². The molecule has 1 aromatic heterocycles. The highest BCUT2D eigenvalue weighted by atomic mass is 127. The van der Waals surface area contributed by atoms with Crippen LogP contribution in [0.25, 0.3) is 0 Å². The molecule has 6 nitrogen and oxygen atoms in total. The Bertz CT molecular complexity index is 390. The van der Waals surface area contributed by atoms with Crippen molar-refractivity contribution in [3.63, 3.8) is 0 Å². The Morgan fingerprint density at radius 3 is 3.00 bits per heavy atom. The number of ether oxygens (including phenoxy) is 1. The normalized spacial score (nSPS) is 16.7. The summed E-state index contributed by atoms with van der Waals surface area (Å²) in [7, 11) is 0. The molecule has 1 saturated heterocycles. The van der Waals surface area contributed by atoms with E-state index in [-0.39, 0.29) is 5.91 Å². The molecule has 1 aliphatic heterocycles. The van der Waals surface area contributed by atoms with Crippen LogP contribution >= 0.6 is 22.6 Å². The van der Waals surface area contributed by atoms with E-state index in [0.29, 0.717) is 12.2 Å². The third-order valence-corrected chi connectivity index (χ3v) is 3.68. The quantitative estimate of drug-likeness (QED) is 0.589. The fourth-order valence-corrected chi connectivity index (χ4v) is 2.35. The summed E-state index contributed by atoms with van der Waals surface area (Å²) in [4.78, 5) is 14.1. The first-order chi connectivity index (χ1) is 8.77. The molecule has 2 N–H and O–H groups in total. The van der Waals surface area contributed by atoms with Crippen molar-refractivity contribution in [1.82, 2.24) is 20.4 Å². The van der Waals surface area contributed by atoms with Crippen molar-refractivity contribution in [3.05, 3.63) is 15.5 Å². The van der Waals surface area contributed by atoms with Crippen molar-refractivity contribution in [1.29, 1.82) is 0 Å². The molecule has 0 aliphatic carbocycles. The van der Waals surface area contributed by atoms with E-state index < -0.39 is 0 Å². The lowest BCUT2D eigenvalue weighted by molar-refractivity contribution is 0.0374. The number of H-pyrrole nitrogens is 1. The van der Waals surface area contributed by atoms with E-state index in [9.17, 15) is 4.79 Å². The summed E-state index contributed by atoms with van der Waals surface area (Å²) in [5.41, 5.74) is 0.543. The van der Waals surface area contributed by atoms with Gasteiger partial charge in [0.05, 0.1) is 23.0 Å². The minimum Gasteiger partial charge on any atom is -0.379 e. The molecule has 0 spiro atoms. The van der Waals surface area contributed by atoms with E-state index >= 15 is 0 Å². The average Bonchev–Trinajstić information content (AvgIpc) is 2.82. The topological polar surface area (TPSA) is 70.2 Å². The van der Waals surface area contributed by atoms with Gasteiger partial charge in [-0.25, -0.2) is 0 Å². The third-order valence-electron chi connectivity index (χ3n) is 2.86. The largest absolute Gasteiger partial charge is 0.379 e. The highest BCUT2D eigenvalue weighted by Crippen LogP contribution is 2.07. The third kappa shape index (κ3) is 3.92. The minimum atomic E-state index is -0.0844. The SMILES string of the molecule is O=C(NCCCN1CCOCC1)c1[nH]ncc1I. The Kier molecular flexibility index (Phi) is 5.39. The number of morpholine rings is 1. The second-order valence-electron chi connectivity index (χ2n) is 4.16. The maximum absolute atomic E-state index is 11.8. The Balaban J connectivity index is 1.63. The average molecular weight is 364 g/mol. The number of carbonyl (C=O) groups is 1. The summed E-state index contributed by atoms with van der Waals surface area (Å²) in [6.07, 6.45) is 2.60. The molecule has 2 heterocycles. The van der Waals surface area contributed by atoms with E-state index in [1.165, 1.54) is 0 Å². The number of amides is 1. The maximum Gasteiger partial charge on any atom is 0.270 e. The number of carbonyl (C=O) groups excluding carboxylic acids is 1. The van der Waals surface area contributed by atoms with Gasteiger partial charge >= 0.3 is 0 Å².